The van der Waals surface area contributed by atoms with Gasteiger partial charge in [-0.1, -0.05) is 53.5 Å². The minimum atomic E-state index is -1.29. The molecule has 16 heavy (non-hydrogen) atoms. The molecule has 1 unspecified atom stereocenters. The third-order valence-electron chi connectivity index (χ3n) is 1.86. The summed E-state index contributed by atoms with van der Waals surface area (Å²) in [6.45, 7) is 0. The summed E-state index contributed by atoms with van der Waals surface area (Å²) in [7, 11) is 0. The molecule has 1 amide bonds. The number of carboxylic acids is 1. The van der Waals surface area contributed by atoms with Crippen LogP contribution >= 0.6 is 23.2 Å². The normalized spacial score (nSPS) is 12.2. The van der Waals surface area contributed by atoms with E-state index in [9.17, 15) is 9.59 Å². The Hall–Kier alpha value is -1.26. The van der Waals surface area contributed by atoms with Gasteiger partial charge >= 0.3 is 5.97 Å². The molecule has 0 saturated heterocycles. The lowest BCUT2D eigenvalue weighted by atomic mass is 10.1. The van der Waals surface area contributed by atoms with Crippen molar-refractivity contribution in [3.05, 3.63) is 35.9 Å². The molecule has 1 rings (SSSR count). The van der Waals surface area contributed by atoms with Crippen molar-refractivity contribution in [3.63, 3.8) is 0 Å². The Morgan fingerprint density at radius 2 is 1.75 bits per heavy atom. The second kappa shape index (κ2) is 5.72. The van der Waals surface area contributed by atoms with Crippen molar-refractivity contribution in [2.24, 2.45) is 0 Å². The maximum Gasteiger partial charge on any atom is 0.330 e. The van der Waals surface area contributed by atoms with Crippen LogP contribution in [0.5, 0.6) is 0 Å². The van der Waals surface area contributed by atoms with E-state index in [2.05, 4.69) is 5.32 Å². The molecule has 0 spiro atoms. The van der Waals surface area contributed by atoms with Gasteiger partial charge in [-0.3, -0.25) is 4.79 Å². The van der Waals surface area contributed by atoms with Gasteiger partial charge in [-0.05, 0) is 5.56 Å². The highest BCUT2D eigenvalue weighted by molar-refractivity contribution is 6.53. The molecule has 1 aromatic carbocycles. The van der Waals surface area contributed by atoms with Crippen molar-refractivity contribution in [1.82, 2.24) is 5.32 Å². The summed E-state index contributed by atoms with van der Waals surface area (Å²) in [5, 5.41) is 11.2. The molecule has 6 heteroatoms. The lowest BCUT2D eigenvalue weighted by molar-refractivity contribution is -0.141. The van der Waals surface area contributed by atoms with Crippen LogP contribution in [0.1, 0.15) is 11.6 Å². The van der Waals surface area contributed by atoms with E-state index in [0.717, 1.165) is 0 Å². The van der Waals surface area contributed by atoms with E-state index in [1.165, 1.54) is 0 Å². The monoisotopic (exact) mass is 261 g/mol. The zero-order valence-electron chi connectivity index (χ0n) is 8.06. The minimum Gasteiger partial charge on any atom is -0.479 e. The molecule has 0 aliphatic carbocycles. The molecule has 0 aliphatic rings. The van der Waals surface area contributed by atoms with Crippen LogP contribution in [0.15, 0.2) is 30.3 Å². The zero-order valence-corrected chi connectivity index (χ0v) is 9.57. The van der Waals surface area contributed by atoms with Crippen molar-refractivity contribution in [2.45, 2.75) is 10.9 Å². The summed E-state index contributed by atoms with van der Waals surface area (Å²) in [5.41, 5.74) is 0.456. The number of carboxylic acid groups (broad SMARTS) is 1. The minimum absolute atomic E-state index is 0.456. The average molecular weight is 262 g/mol. The van der Waals surface area contributed by atoms with Crippen molar-refractivity contribution in [3.8, 4) is 0 Å². The highest BCUT2D eigenvalue weighted by Crippen LogP contribution is 2.14. The fourth-order valence-corrected chi connectivity index (χ4v) is 1.26. The summed E-state index contributed by atoms with van der Waals surface area (Å²) in [5.74, 6) is -1.91. The zero-order chi connectivity index (χ0) is 12.1. The Bertz CT molecular complexity index is 381. The molecule has 1 atom stereocenters. The van der Waals surface area contributed by atoms with Gasteiger partial charge in [0.15, 0.2) is 10.9 Å². The number of nitrogens with one attached hydrogen (secondary N) is 1. The van der Waals surface area contributed by atoms with Crippen LogP contribution < -0.4 is 5.32 Å². The second-order valence-electron chi connectivity index (χ2n) is 2.99. The van der Waals surface area contributed by atoms with Gasteiger partial charge < -0.3 is 10.4 Å². The van der Waals surface area contributed by atoms with Gasteiger partial charge in [0.1, 0.15) is 0 Å². The highest BCUT2D eigenvalue weighted by atomic mass is 35.5. The molecular weight excluding hydrogens is 253 g/mol. The van der Waals surface area contributed by atoms with Crippen LogP contribution in [0, 0.1) is 0 Å². The second-order valence-corrected chi connectivity index (χ2v) is 4.09. The van der Waals surface area contributed by atoms with E-state index in [1.54, 1.807) is 30.3 Å². The Kier molecular flexibility index (Phi) is 4.58. The summed E-state index contributed by atoms with van der Waals surface area (Å²) < 4.78 is 0. The third-order valence-corrected chi connectivity index (χ3v) is 2.26. The summed E-state index contributed by atoms with van der Waals surface area (Å²) in [6, 6.07) is 7.14. The van der Waals surface area contributed by atoms with E-state index in [0.29, 0.717) is 5.56 Å². The Morgan fingerprint density at radius 1 is 1.19 bits per heavy atom. The molecule has 0 bridgehead atoms. The average Bonchev–Trinajstić information content (AvgIpc) is 2.26. The number of rotatable bonds is 4. The highest BCUT2D eigenvalue weighted by Gasteiger charge is 2.24. The molecule has 0 heterocycles. The van der Waals surface area contributed by atoms with Gasteiger partial charge in [0, 0.05) is 0 Å². The van der Waals surface area contributed by atoms with Crippen LogP contribution in [0.25, 0.3) is 0 Å². The molecular formula is C10H9Cl2NO3. The van der Waals surface area contributed by atoms with Gasteiger partial charge in [0.25, 0.3) is 5.91 Å². The van der Waals surface area contributed by atoms with Crippen LogP contribution in [-0.4, -0.2) is 21.8 Å². The van der Waals surface area contributed by atoms with E-state index < -0.39 is 22.8 Å². The molecule has 0 aliphatic heterocycles. The van der Waals surface area contributed by atoms with E-state index in [1.807, 2.05) is 0 Å². The molecule has 86 valence electrons. The number of amides is 1. The molecule has 0 radical (unpaired) electrons. The molecule has 1 aromatic rings. The molecule has 4 nitrogen and oxygen atoms in total. The molecule has 2 N–H and O–H groups in total. The maximum atomic E-state index is 11.2. The van der Waals surface area contributed by atoms with Gasteiger partial charge in [0.2, 0.25) is 0 Å². The standard InChI is InChI=1S/C10H9Cl2NO3/c11-8(12)9(14)13-7(10(15)16)6-4-2-1-3-5-6/h1-5,7-8H,(H,13,14)(H,15,16). The fourth-order valence-electron chi connectivity index (χ4n) is 1.14. The third kappa shape index (κ3) is 3.40. The SMILES string of the molecule is O=C(NC(C(=O)O)c1ccccc1)C(Cl)Cl. The Balaban J connectivity index is 2.85. The van der Waals surface area contributed by atoms with Crippen LogP contribution in [0.4, 0.5) is 0 Å². The number of carbonyl (C=O) groups is 2. The molecule has 0 fully saturated rings. The van der Waals surface area contributed by atoms with Crippen LogP contribution in [0.2, 0.25) is 0 Å². The van der Waals surface area contributed by atoms with E-state index in [4.69, 9.17) is 28.3 Å². The first kappa shape index (κ1) is 12.8. The first-order valence-corrected chi connectivity index (χ1v) is 5.26. The summed E-state index contributed by atoms with van der Waals surface area (Å²) >= 11 is 10.6. The summed E-state index contributed by atoms with van der Waals surface area (Å²) in [4.78, 5) is 20.9. The lowest BCUT2D eigenvalue weighted by Crippen LogP contribution is -2.36. The number of hydrogen-bond acceptors (Lipinski definition) is 2. The fraction of sp³-hybridized carbons (Fsp3) is 0.200. The number of carbonyl (C=O) groups excluding carboxylic acids is 1. The first-order chi connectivity index (χ1) is 7.52. The van der Waals surface area contributed by atoms with Gasteiger partial charge in [-0.2, -0.15) is 0 Å². The first-order valence-electron chi connectivity index (χ1n) is 4.38. The topological polar surface area (TPSA) is 66.4 Å². The predicted molar refractivity (Wildman–Crippen MR) is 60.5 cm³/mol. The molecule has 0 aromatic heterocycles. The number of halogens is 2. The van der Waals surface area contributed by atoms with Crippen LogP contribution in [0.3, 0.4) is 0 Å². The van der Waals surface area contributed by atoms with Crippen molar-refractivity contribution >= 4 is 35.1 Å². The Morgan fingerprint density at radius 3 is 2.19 bits per heavy atom. The lowest BCUT2D eigenvalue weighted by Gasteiger charge is -2.14. The largest absolute Gasteiger partial charge is 0.479 e. The number of benzene rings is 1. The van der Waals surface area contributed by atoms with Crippen LogP contribution in [-0.2, 0) is 9.59 Å². The van der Waals surface area contributed by atoms with E-state index in [-0.39, 0.29) is 0 Å². The maximum absolute atomic E-state index is 11.2. The number of hydrogen-bond donors (Lipinski definition) is 2. The van der Waals surface area contributed by atoms with Gasteiger partial charge in [0.05, 0.1) is 0 Å². The predicted octanol–water partition coefficient (Wildman–Crippen LogP) is 1.73. The van der Waals surface area contributed by atoms with Crippen molar-refractivity contribution < 1.29 is 14.7 Å². The Labute approximate surface area is 102 Å². The smallest absolute Gasteiger partial charge is 0.330 e. The van der Waals surface area contributed by atoms with Crippen molar-refractivity contribution in [1.29, 1.82) is 0 Å². The number of alkyl halides is 2. The van der Waals surface area contributed by atoms with Gasteiger partial charge in [-0.15, -0.1) is 0 Å². The van der Waals surface area contributed by atoms with Gasteiger partial charge in [-0.25, -0.2) is 4.79 Å². The summed E-state index contributed by atoms with van der Waals surface area (Å²) in [6.07, 6.45) is 0. The quantitative estimate of drug-likeness (QED) is 0.812. The number of aliphatic carboxylic acids is 1. The van der Waals surface area contributed by atoms with Crippen molar-refractivity contribution in [2.75, 3.05) is 0 Å². The van der Waals surface area contributed by atoms with E-state index >= 15 is 0 Å². The molecule has 0 saturated carbocycles.